The Labute approximate surface area is 178 Å². The van der Waals surface area contributed by atoms with Crippen LogP contribution in [0.4, 0.5) is 5.69 Å². The number of aryl methyl sites for hydroxylation is 3. The van der Waals surface area contributed by atoms with Crippen molar-refractivity contribution in [3.8, 4) is 0 Å². The first-order valence-electron chi connectivity index (χ1n) is 9.43. The Morgan fingerprint density at radius 3 is 2.73 bits per heavy atom. The van der Waals surface area contributed by atoms with Gasteiger partial charge in [-0.25, -0.2) is 0 Å². The predicted octanol–water partition coefficient (Wildman–Crippen LogP) is 4.00. The van der Waals surface area contributed by atoms with Crippen LogP contribution in [0.2, 0.25) is 5.02 Å². The normalized spacial score (nSPS) is 11.1. The zero-order valence-electron chi connectivity index (χ0n) is 16.9. The van der Waals surface area contributed by atoms with E-state index in [4.69, 9.17) is 16.1 Å². The van der Waals surface area contributed by atoms with Gasteiger partial charge in [0.25, 0.3) is 5.91 Å². The second-order valence-corrected chi connectivity index (χ2v) is 7.60. The lowest BCUT2D eigenvalue weighted by Gasteiger charge is -2.09. The number of hydrogen-bond donors (Lipinski definition) is 1. The maximum atomic E-state index is 12.9. The molecular formula is C21H21ClN6O2. The lowest BCUT2D eigenvalue weighted by atomic mass is 10.1. The minimum Gasteiger partial charge on any atom is -0.361 e. The van der Waals surface area contributed by atoms with Crippen LogP contribution in [0.3, 0.4) is 0 Å². The van der Waals surface area contributed by atoms with Crippen molar-refractivity contribution in [1.29, 1.82) is 0 Å². The largest absolute Gasteiger partial charge is 0.361 e. The van der Waals surface area contributed by atoms with Crippen molar-refractivity contribution in [2.45, 2.75) is 33.9 Å². The van der Waals surface area contributed by atoms with E-state index in [1.54, 1.807) is 24.0 Å². The maximum absolute atomic E-state index is 12.9. The van der Waals surface area contributed by atoms with Gasteiger partial charge in [-0.3, -0.25) is 14.2 Å². The minimum absolute atomic E-state index is 0.225. The zero-order chi connectivity index (χ0) is 21.3. The summed E-state index contributed by atoms with van der Waals surface area (Å²) >= 11 is 5.93. The van der Waals surface area contributed by atoms with Crippen LogP contribution in [-0.4, -0.2) is 30.6 Å². The van der Waals surface area contributed by atoms with Gasteiger partial charge in [0.1, 0.15) is 5.76 Å². The number of aromatic nitrogens is 5. The maximum Gasteiger partial charge on any atom is 0.278 e. The summed E-state index contributed by atoms with van der Waals surface area (Å²) in [5, 5.41) is 16.0. The molecule has 8 nitrogen and oxygen atoms in total. The number of hydrogen-bond acceptors (Lipinski definition) is 5. The topological polar surface area (TPSA) is 90.8 Å². The summed E-state index contributed by atoms with van der Waals surface area (Å²) in [4.78, 5) is 12.9. The van der Waals surface area contributed by atoms with Crippen molar-refractivity contribution in [3.63, 3.8) is 0 Å². The van der Waals surface area contributed by atoms with Crippen molar-refractivity contribution < 1.29 is 9.32 Å². The molecule has 1 N–H and O–H groups in total. The van der Waals surface area contributed by atoms with E-state index >= 15 is 0 Å². The number of nitrogens with zero attached hydrogens (tertiary/aromatic N) is 5. The van der Waals surface area contributed by atoms with Crippen LogP contribution in [0.25, 0.3) is 0 Å². The molecule has 1 amide bonds. The Morgan fingerprint density at radius 2 is 2.03 bits per heavy atom. The molecule has 9 heteroatoms. The van der Waals surface area contributed by atoms with Crippen LogP contribution in [0, 0.1) is 20.8 Å². The molecule has 0 saturated heterocycles. The fraction of sp³-hybridized carbons (Fsp3) is 0.238. The molecule has 0 bridgehead atoms. The highest BCUT2D eigenvalue weighted by molar-refractivity contribution is 6.30. The highest BCUT2D eigenvalue weighted by Gasteiger charge is 2.21. The summed E-state index contributed by atoms with van der Waals surface area (Å²) in [6, 6.07) is 9.69. The molecule has 0 aliphatic heterocycles. The monoisotopic (exact) mass is 424 g/mol. The number of rotatable bonds is 6. The third kappa shape index (κ3) is 4.28. The lowest BCUT2D eigenvalue weighted by molar-refractivity contribution is 0.101. The van der Waals surface area contributed by atoms with Gasteiger partial charge in [0.05, 0.1) is 30.0 Å². The quantitative estimate of drug-likeness (QED) is 0.505. The van der Waals surface area contributed by atoms with Crippen LogP contribution in [-0.2, 0) is 13.1 Å². The number of carbonyl (C=O) groups excluding carboxylic acids is 1. The van der Waals surface area contributed by atoms with Crippen molar-refractivity contribution in [2.24, 2.45) is 0 Å². The zero-order valence-corrected chi connectivity index (χ0v) is 17.6. The number of nitrogens with one attached hydrogen (secondary N) is 1. The standard InChI is InChI=1S/C21H21ClN6O2/c1-13-7-14(2)28(25-13)10-16-5-4-6-18(8-16)24-21(29)20-19(15(3)30-26-20)12-27-11-17(22)9-23-27/h4-9,11H,10,12H2,1-3H3,(H,24,29). The summed E-state index contributed by atoms with van der Waals surface area (Å²) in [7, 11) is 0. The molecule has 0 aliphatic carbocycles. The van der Waals surface area contributed by atoms with Gasteiger partial charge in [-0.2, -0.15) is 10.2 Å². The molecule has 4 aromatic rings. The highest BCUT2D eigenvalue weighted by Crippen LogP contribution is 2.19. The Hall–Kier alpha value is -3.39. The molecule has 3 aromatic heterocycles. The van der Waals surface area contributed by atoms with Crippen LogP contribution in [0.15, 0.2) is 47.2 Å². The summed E-state index contributed by atoms with van der Waals surface area (Å²) in [5.74, 6) is 0.216. The smallest absolute Gasteiger partial charge is 0.278 e. The second-order valence-electron chi connectivity index (χ2n) is 7.16. The van der Waals surface area contributed by atoms with Crippen molar-refractivity contribution in [2.75, 3.05) is 5.32 Å². The molecule has 0 unspecified atom stereocenters. The van der Waals surface area contributed by atoms with E-state index in [0.717, 1.165) is 17.0 Å². The molecule has 3 heterocycles. The molecule has 1 aromatic carbocycles. The molecule has 0 spiro atoms. The molecule has 30 heavy (non-hydrogen) atoms. The molecule has 0 aliphatic rings. The Morgan fingerprint density at radius 1 is 1.20 bits per heavy atom. The van der Waals surface area contributed by atoms with E-state index < -0.39 is 0 Å². The summed E-state index contributed by atoms with van der Waals surface area (Å²) in [6.45, 7) is 6.71. The lowest BCUT2D eigenvalue weighted by Crippen LogP contribution is -2.16. The molecule has 4 rings (SSSR count). The molecule has 0 atom stereocenters. The first kappa shape index (κ1) is 19.9. The van der Waals surface area contributed by atoms with Crippen molar-refractivity contribution in [1.82, 2.24) is 24.7 Å². The van der Waals surface area contributed by atoms with Gasteiger partial charge in [0.2, 0.25) is 0 Å². The average molecular weight is 425 g/mol. The minimum atomic E-state index is -0.344. The average Bonchev–Trinajstić information content (AvgIpc) is 3.36. The van der Waals surface area contributed by atoms with E-state index in [1.807, 2.05) is 48.9 Å². The van der Waals surface area contributed by atoms with E-state index in [9.17, 15) is 4.79 Å². The van der Waals surface area contributed by atoms with E-state index in [2.05, 4.69) is 20.7 Å². The van der Waals surface area contributed by atoms with E-state index in [-0.39, 0.29) is 11.6 Å². The van der Waals surface area contributed by atoms with Crippen molar-refractivity contribution in [3.05, 3.63) is 81.7 Å². The predicted molar refractivity (Wildman–Crippen MR) is 113 cm³/mol. The Balaban J connectivity index is 1.51. The van der Waals surface area contributed by atoms with E-state index in [1.165, 1.54) is 0 Å². The van der Waals surface area contributed by atoms with Gasteiger partial charge < -0.3 is 9.84 Å². The first-order chi connectivity index (χ1) is 14.4. The summed E-state index contributed by atoms with van der Waals surface area (Å²) in [5.41, 5.74) is 4.65. The van der Waals surface area contributed by atoms with Gasteiger partial charge >= 0.3 is 0 Å². The summed E-state index contributed by atoms with van der Waals surface area (Å²) in [6.07, 6.45) is 3.22. The van der Waals surface area contributed by atoms with Gasteiger partial charge in [-0.15, -0.1) is 0 Å². The number of anilines is 1. The molecule has 154 valence electrons. The van der Waals surface area contributed by atoms with Crippen LogP contribution < -0.4 is 5.32 Å². The Kier molecular flexibility index (Phi) is 5.41. The Bertz CT molecular complexity index is 1210. The SMILES string of the molecule is Cc1cc(C)n(Cc2cccc(NC(=O)c3noc(C)c3Cn3cc(Cl)cn3)c2)n1. The summed E-state index contributed by atoms with van der Waals surface area (Å²) < 4.78 is 8.82. The number of carbonyl (C=O) groups is 1. The van der Waals surface area contributed by atoms with Crippen LogP contribution >= 0.6 is 11.6 Å². The molecular weight excluding hydrogens is 404 g/mol. The molecule has 0 radical (unpaired) electrons. The molecule has 0 saturated carbocycles. The fourth-order valence-electron chi connectivity index (χ4n) is 3.29. The number of amides is 1. The van der Waals surface area contributed by atoms with Crippen LogP contribution in [0.1, 0.15) is 38.8 Å². The first-order valence-corrected chi connectivity index (χ1v) is 9.81. The highest BCUT2D eigenvalue weighted by atomic mass is 35.5. The van der Waals surface area contributed by atoms with Crippen molar-refractivity contribution >= 4 is 23.2 Å². The van der Waals surface area contributed by atoms with Gasteiger partial charge in [-0.05, 0) is 44.5 Å². The fourth-order valence-corrected chi connectivity index (χ4v) is 3.44. The van der Waals surface area contributed by atoms with Gasteiger partial charge in [0.15, 0.2) is 5.69 Å². The van der Waals surface area contributed by atoms with Gasteiger partial charge in [-0.1, -0.05) is 28.9 Å². The van der Waals surface area contributed by atoms with Crippen LogP contribution in [0.5, 0.6) is 0 Å². The number of halogens is 1. The third-order valence-electron chi connectivity index (χ3n) is 4.74. The van der Waals surface area contributed by atoms with Gasteiger partial charge in [0, 0.05) is 23.1 Å². The third-order valence-corrected chi connectivity index (χ3v) is 4.94. The van der Waals surface area contributed by atoms with E-state index in [0.29, 0.717) is 35.1 Å². The second kappa shape index (κ2) is 8.16. The molecule has 0 fully saturated rings. The number of benzene rings is 1.